The number of fused-ring (bicyclic) bond motifs is 1. The van der Waals surface area contributed by atoms with Crippen LogP contribution in [0.15, 0.2) is 18.2 Å². The van der Waals surface area contributed by atoms with Crippen molar-refractivity contribution in [1.29, 1.82) is 0 Å². The van der Waals surface area contributed by atoms with Crippen LogP contribution in [0.2, 0.25) is 0 Å². The van der Waals surface area contributed by atoms with E-state index in [1.54, 1.807) is 25.1 Å². The molecule has 0 spiro atoms. The van der Waals surface area contributed by atoms with Crippen molar-refractivity contribution >= 4 is 5.97 Å². The number of carboxylic acid groups (broad SMARTS) is 1. The first-order valence-electron chi connectivity index (χ1n) is 5.37. The maximum atomic E-state index is 10.6. The summed E-state index contributed by atoms with van der Waals surface area (Å²) in [5, 5.41) is 18.7. The van der Waals surface area contributed by atoms with Gasteiger partial charge in [0.05, 0.1) is 12.5 Å². The van der Waals surface area contributed by atoms with Crippen molar-refractivity contribution < 1.29 is 24.5 Å². The first-order valence-corrected chi connectivity index (χ1v) is 5.37. The summed E-state index contributed by atoms with van der Waals surface area (Å²) >= 11 is 0. The fraction of sp³-hybridized carbons (Fsp3) is 0.417. The van der Waals surface area contributed by atoms with Gasteiger partial charge in [0.2, 0.25) is 6.79 Å². The lowest BCUT2D eigenvalue weighted by Gasteiger charge is -2.17. The van der Waals surface area contributed by atoms with E-state index in [-0.39, 0.29) is 19.1 Å². The number of aliphatic carboxylic acids is 1. The third-order valence-corrected chi connectivity index (χ3v) is 2.77. The average molecular weight is 238 g/mol. The highest BCUT2D eigenvalue weighted by atomic mass is 16.7. The Hall–Kier alpha value is -1.75. The zero-order valence-corrected chi connectivity index (χ0v) is 9.42. The maximum absolute atomic E-state index is 10.6. The molecule has 2 unspecified atom stereocenters. The minimum Gasteiger partial charge on any atom is -0.481 e. The Morgan fingerprint density at radius 3 is 2.82 bits per heavy atom. The van der Waals surface area contributed by atoms with Crippen LogP contribution in [-0.4, -0.2) is 23.0 Å². The quantitative estimate of drug-likeness (QED) is 0.832. The fourth-order valence-electron chi connectivity index (χ4n) is 1.81. The highest BCUT2D eigenvalue weighted by molar-refractivity contribution is 5.67. The summed E-state index contributed by atoms with van der Waals surface area (Å²) in [6, 6.07) is 5.12. The molecule has 2 atom stereocenters. The maximum Gasteiger partial charge on any atom is 0.303 e. The van der Waals surface area contributed by atoms with Crippen LogP contribution < -0.4 is 9.47 Å². The molecule has 5 heteroatoms. The van der Waals surface area contributed by atoms with E-state index in [1.165, 1.54) is 0 Å². The number of hydrogen-bond donors (Lipinski definition) is 2. The summed E-state index contributed by atoms with van der Waals surface area (Å²) in [5.41, 5.74) is 0.642. The molecule has 0 bridgehead atoms. The van der Waals surface area contributed by atoms with E-state index in [9.17, 15) is 9.90 Å². The van der Waals surface area contributed by atoms with Crippen LogP contribution in [0.1, 0.15) is 25.0 Å². The van der Waals surface area contributed by atoms with E-state index >= 15 is 0 Å². The van der Waals surface area contributed by atoms with E-state index < -0.39 is 12.1 Å². The minimum absolute atomic E-state index is 0.0738. The number of hydrogen-bond acceptors (Lipinski definition) is 4. The first kappa shape index (κ1) is 11.7. The standard InChI is InChI=1S/C12H14O5/c1-7(4-11(13)14)12(15)8-2-3-9-10(5-8)17-6-16-9/h2-3,5,7,12,15H,4,6H2,1H3,(H,13,14). The van der Waals surface area contributed by atoms with Crippen molar-refractivity contribution in [2.45, 2.75) is 19.4 Å². The van der Waals surface area contributed by atoms with Gasteiger partial charge in [-0.05, 0) is 23.6 Å². The molecule has 0 aromatic heterocycles. The van der Waals surface area contributed by atoms with Crippen molar-refractivity contribution in [3.8, 4) is 11.5 Å². The van der Waals surface area contributed by atoms with Gasteiger partial charge in [0.1, 0.15) is 0 Å². The number of ether oxygens (including phenoxy) is 2. The topological polar surface area (TPSA) is 76.0 Å². The molecule has 0 fully saturated rings. The monoisotopic (exact) mass is 238 g/mol. The van der Waals surface area contributed by atoms with E-state index in [2.05, 4.69) is 0 Å². The molecule has 92 valence electrons. The van der Waals surface area contributed by atoms with Gasteiger partial charge in [-0.1, -0.05) is 13.0 Å². The van der Waals surface area contributed by atoms with Gasteiger partial charge >= 0.3 is 5.97 Å². The molecule has 1 aromatic carbocycles. The summed E-state index contributed by atoms with van der Waals surface area (Å²) in [6.45, 7) is 1.88. The van der Waals surface area contributed by atoms with Gasteiger partial charge in [0.25, 0.3) is 0 Å². The molecule has 1 aromatic rings. The Kier molecular flexibility index (Phi) is 3.19. The number of rotatable bonds is 4. The molecule has 0 radical (unpaired) electrons. The fourth-order valence-corrected chi connectivity index (χ4v) is 1.81. The molecular formula is C12H14O5. The number of carbonyl (C=O) groups is 1. The third-order valence-electron chi connectivity index (χ3n) is 2.77. The molecule has 1 aliphatic rings. The number of aliphatic hydroxyl groups is 1. The molecular weight excluding hydrogens is 224 g/mol. The van der Waals surface area contributed by atoms with Gasteiger partial charge in [-0.25, -0.2) is 0 Å². The minimum atomic E-state index is -0.919. The molecule has 0 saturated carbocycles. The Balaban J connectivity index is 2.14. The van der Waals surface area contributed by atoms with Crippen LogP contribution in [0.25, 0.3) is 0 Å². The second-order valence-electron chi connectivity index (χ2n) is 4.13. The van der Waals surface area contributed by atoms with Gasteiger partial charge in [0.15, 0.2) is 11.5 Å². The van der Waals surface area contributed by atoms with Crippen LogP contribution in [0.3, 0.4) is 0 Å². The second kappa shape index (κ2) is 4.63. The largest absolute Gasteiger partial charge is 0.481 e. The number of carboxylic acids is 1. The molecule has 2 rings (SSSR count). The smallest absolute Gasteiger partial charge is 0.303 e. The van der Waals surface area contributed by atoms with Gasteiger partial charge in [0, 0.05) is 0 Å². The van der Waals surface area contributed by atoms with Crippen LogP contribution >= 0.6 is 0 Å². The van der Waals surface area contributed by atoms with Gasteiger partial charge in [-0.15, -0.1) is 0 Å². The normalized spacial score (nSPS) is 16.6. The SMILES string of the molecule is CC(CC(=O)O)C(O)c1ccc2c(c1)OCO2. The summed E-state index contributed by atoms with van der Waals surface area (Å²) in [4.78, 5) is 10.6. The Labute approximate surface area is 98.6 Å². The molecule has 0 saturated heterocycles. The molecule has 0 aliphatic carbocycles. The zero-order chi connectivity index (χ0) is 12.4. The average Bonchev–Trinajstić information content (AvgIpc) is 2.73. The zero-order valence-electron chi connectivity index (χ0n) is 9.42. The first-order chi connectivity index (χ1) is 8.08. The summed E-state index contributed by atoms with van der Waals surface area (Å²) in [7, 11) is 0. The Bertz CT molecular complexity index is 429. The molecule has 17 heavy (non-hydrogen) atoms. The van der Waals surface area contributed by atoms with Crippen LogP contribution in [0.5, 0.6) is 11.5 Å². The molecule has 1 aliphatic heterocycles. The van der Waals surface area contributed by atoms with Gasteiger partial charge in [-0.3, -0.25) is 4.79 Å². The Morgan fingerprint density at radius 1 is 1.41 bits per heavy atom. The summed E-state index contributed by atoms with van der Waals surface area (Å²) in [5.74, 6) is -0.0407. The highest BCUT2D eigenvalue weighted by Gasteiger charge is 2.22. The Morgan fingerprint density at radius 2 is 2.12 bits per heavy atom. The van der Waals surface area contributed by atoms with Crippen molar-refractivity contribution in [3.05, 3.63) is 23.8 Å². The molecule has 5 nitrogen and oxygen atoms in total. The van der Waals surface area contributed by atoms with Crippen molar-refractivity contribution in [2.75, 3.05) is 6.79 Å². The van der Waals surface area contributed by atoms with Gasteiger partial charge in [-0.2, -0.15) is 0 Å². The van der Waals surface area contributed by atoms with Crippen molar-refractivity contribution in [1.82, 2.24) is 0 Å². The number of aliphatic hydroxyl groups excluding tert-OH is 1. The van der Waals surface area contributed by atoms with E-state index in [0.717, 1.165) is 0 Å². The van der Waals surface area contributed by atoms with Crippen molar-refractivity contribution in [2.24, 2.45) is 5.92 Å². The predicted molar refractivity (Wildman–Crippen MR) is 58.9 cm³/mol. The van der Waals surface area contributed by atoms with E-state index in [1.807, 2.05) is 0 Å². The number of benzene rings is 1. The molecule has 2 N–H and O–H groups in total. The predicted octanol–water partition coefficient (Wildman–Crippen LogP) is 1.56. The molecule has 1 heterocycles. The summed E-state index contributed by atoms with van der Waals surface area (Å²) in [6.07, 6.45) is -0.893. The lowest BCUT2D eigenvalue weighted by atomic mass is 9.94. The van der Waals surface area contributed by atoms with Gasteiger partial charge < -0.3 is 19.7 Å². The van der Waals surface area contributed by atoms with Crippen LogP contribution in [-0.2, 0) is 4.79 Å². The second-order valence-corrected chi connectivity index (χ2v) is 4.13. The lowest BCUT2D eigenvalue weighted by molar-refractivity contribution is -0.139. The van der Waals surface area contributed by atoms with Crippen LogP contribution in [0.4, 0.5) is 0 Å². The van der Waals surface area contributed by atoms with E-state index in [0.29, 0.717) is 17.1 Å². The molecule has 0 amide bonds. The highest BCUT2D eigenvalue weighted by Crippen LogP contribution is 2.36. The van der Waals surface area contributed by atoms with Crippen LogP contribution in [0, 0.1) is 5.92 Å². The lowest BCUT2D eigenvalue weighted by Crippen LogP contribution is -2.13. The third kappa shape index (κ3) is 2.50. The summed E-state index contributed by atoms with van der Waals surface area (Å²) < 4.78 is 10.4. The van der Waals surface area contributed by atoms with Crippen molar-refractivity contribution in [3.63, 3.8) is 0 Å². The van der Waals surface area contributed by atoms with E-state index in [4.69, 9.17) is 14.6 Å².